The molecule has 7 heteroatoms. The lowest BCUT2D eigenvalue weighted by molar-refractivity contribution is -0.0221. The van der Waals surface area contributed by atoms with Crippen molar-refractivity contribution in [2.45, 2.75) is 40.2 Å². The number of nitrogens with zero attached hydrogens (tertiary/aromatic N) is 3. The summed E-state index contributed by atoms with van der Waals surface area (Å²) in [5, 5.41) is 3.44. The van der Waals surface area contributed by atoms with E-state index in [1.165, 1.54) is 0 Å². The molecule has 178 valence electrons. The Bertz CT molecular complexity index is 1140. The Kier molecular flexibility index (Phi) is 8.51. The molecule has 0 saturated heterocycles. The van der Waals surface area contributed by atoms with Crippen LogP contribution in [-0.4, -0.2) is 28.8 Å². The van der Waals surface area contributed by atoms with Crippen LogP contribution in [0.15, 0.2) is 72.4 Å². The predicted octanol–water partition coefficient (Wildman–Crippen LogP) is 5.26. The average molecular weight is 459 g/mol. The molecule has 0 spiro atoms. The number of pyridine rings is 2. The number of nitrogens with two attached hydrogens (primary N) is 2. The fraction of sp³-hybridized carbons (Fsp3) is 0.296. The quantitative estimate of drug-likeness (QED) is 0.298. The molecule has 34 heavy (non-hydrogen) atoms. The summed E-state index contributed by atoms with van der Waals surface area (Å²) in [7, 11) is 0. The van der Waals surface area contributed by atoms with Crippen molar-refractivity contribution in [3.05, 3.63) is 78.5 Å². The van der Waals surface area contributed by atoms with E-state index in [1.807, 2.05) is 49.5 Å². The monoisotopic (exact) mass is 458 g/mol. The topological polar surface area (TPSA) is 111 Å². The number of anilines is 1. The van der Waals surface area contributed by atoms with E-state index >= 15 is 0 Å². The summed E-state index contributed by atoms with van der Waals surface area (Å²) < 4.78 is 0. The van der Waals surface area contributed by atoms with Gasteiger partial charge >= 0.3 is 0 Å². The molecule has 3 aromatic rings. The van der Waals surface area contributed by atoms with E-state index in [1.54, 1.807) is 31.0 Å². The number of nitrogens with one attached hydrogen (secondary N) is 1. The van der Waals surface area contributed by atoms with Gasteiger partial charge in [-0.25, -0.2) is 5.90 Å². The van der Waals surface area contributed by atoms with Crippen LogP contribution in [0.5, 0.6) is 0 Å². The highest BCUT2D eigenvalue weighted by molar-refractivity contribution is 6.10. The Balaban J connectivity index is 1.73. The summed E-state index contributed by atoms with van der Waals surface area (Å²) in [6, 6.07) is 12.1. The van der Waals surface area contributed by atoms with Crippen LogP contribution in [0.4, 0.5) is 11.4 Å². The number of aliphatic imine (C=N–C) groups is 1. The van der Waals surface area contributed by atoms with E-state index in [0.717, 1.165) is 52.2 Å². The molecule has 0 fully saturated rings. The molecule has 2 heterocycles. The number of hydrogen-bond donors (Lipinski definition) is 3. The summed E-state index contributed by atoms with van der Waals surface area (Å²) in [5.41, 5.74) is 12.6. The van der Waals surface area contributed by atoms with Crippen LogP contribution in [0.1, 0.15) is 38.3 Å². The average Bonchev–Trinajstić information content (AvgIpc) is 2.84. The molecule has 0 saturated carbocycles. The molecule has 7 nitrogen and oxygen atoms in total. The van der Waals surface area contributed by atoms with Gasteiger partial charge in [0.1, 0.15) is 0 Å². The van der Waals surface area contributed by atoms with Gasteiger partial charge in [-0.3, -0.25) is 15.0 Å². The Hall–Kier alpha value is -3.55. The number of aryl methyl sites for hydroxylation is 1. The molecule has 1 aromatic carbocycles. The highest BCUT2D eigenvalue weighted by Crippen LogP contribution is 2.27. The smallest absolute Gasteiger partial charge is 0.0852 e. The summed E-state index contributed by atoms with van der Waals surface area (Å²) in [4.78, 5) is 18.3. The zero-order valence-electron chi connectivity index (χ0n) is 20.3. The van der Waals surface area contributed by atoms with Crippen LogP contribution in [0.3, 0.4) is 0 Å². The molecule has 1 atom stereocenters. The molecule has 0 radical (unpaired) electrons. The molecule has 0 aliphatic heterocycles. The first-order valence-electron chi connectivity index (χ1n) is 11.3. The van der Waals surface area contributed by atoms with Crippen molar-refractivity contribution in [2.75, 3.05) is 11.9 Å². The van der Waals surface area contributed by atoms with Gasteiger partial charge in [-0.05, 0) is 60.2 Å². The van der Waals surface area contributed by atoms with E-state index in [0.29, 0.717) is 0 Å². The zero-order valence-corrected chi connectivity index (χ0v) is 20.3. The van der Waals surface area contributed by atoms with Gasteiger partial charge in [0.25, 0.3) is 0 Å². The van der Waals surface area contributed by atoms with E-state index < -0.39 is 0 Å². The first-order valence-corrected chi connectivity index (χ1v) is 11.3. The molecular weight excluding hydrogens is 424 g/mol. The summed E-state index contributed by atoms with van der Waals surface area (Å²) in [5.74, 6) is 5.48. The maximum atomic E-state index is 5.94. The second-order valence-electron chi connectivity index (χ2n) is 9.29. The predicted molar refractivity (Wildman–Crippen MR) is 141 cm³/mol. The Morgan fingerprint density at radius 3 is 2.53 bits per heavy atom. The summed E-state index contributed by atoms with van der Waals surface area (Å²) in [6.45, 7) is 9.13. The van der Waals surface area contributed by atoms with Crippen LogP contribution >= 0.6 is 0 Å². The number of benzene rings is 1. The lowest BCUT2D eigenvalue weighted by atomic mass is 9.87. The molecule has 0 bridgehead atoms. The first kappa shape index (κ1) is 25.1. The largest absolute Gasteiger partial charge is 0.404 e. The highest BCUT2D eigenvalue weighted by Gasteiger charge is 2.24. The van der Waals surface area contributed by atoms with E-state index in [4.69, 9.17) is 21.5 Å². The number of hydrogen-bond acceptors (Lipinski definition) is 7. The van der Waals surface area contributed by atoms with E-state index in [9.17, 15) is 0 Å². The van der Waals surface area contributed by atoms with Crippen molar-refractivity contribution in [2.24, 2.45) is 22.0 Å². The van der Waals surface area contributed by atoms with Gasteiger partial charge < -0.3 is 15.9 Å². The van der Waals surface area contributed by atoms with Gasteiger partial charge in [-0.2, -0.15) is 0 Å². The van der Waals surface area contributed by atoms with Gasteiger partial charge in [0, 0.05) is 66.1 Å². The van der Waals surface area contributed by atoms with Crippen molar-refractivity contribution in [1.29, 1.82) is 0 Å². The number of aromatic nitrogens is 2. The second kappa shape index (κ2) is 11.5. The second-order valence-corrected chi connectivity index (χ2v) is 9.29. The van der Waals surface area contributed by atoms with Crippen molar-refractivity contribution < 1.29 is 4.84 Å². The van der Waals surface area contributed by atoms with Crippen molar-refractivity contribution >= 4 is 23.2 Å². The Morgan fingerprint density at radius 2 is 1.85 bits per heavy atom. The fourth-order valence-electron chi connectivity index (χ4n) is 3.56. The van der Waals surface area contributed by atoms with Gasteiger partial charge in [0.05, 0.1) is 11.8 Å². The van der Waals surface area contributed by atoms with Crippen LogP contribution in [-0.2, 0) is 4.84 Å². The van der Waals surface area contributed by atoms with Gasteiger partial charge in [0.15, 0.2) is 0 Å². The SMILES string of the molecule is Cc1ccc(NCCC(ON)C(C)(C)C)cc1N=CC(=CN)c1cncc(-c2ccncc2)c1. The molecule has 0 aliphatic carbocycles. The normalized spacial score (nSPS) is 13.3. The van der Waals surface area contributed by atoms with Crippen molar-refractivity contribution in [1.82, 2.24) is 9.97 Å². The third-order valence-electron chi connectivity index (χ3n) is 5.68. The standard InChI is InChI=1S/C27H34N6O/c1-19-5-6-24(32-12-9-26(34-29)27(2,3)4)14-25(19)33-18-23(15-28)22-13-21(16-31-17-22)20-7-10-30-11-8-20/h5-8,10-11,13-18,26,32H,9,12,28-29H2,1-4H3. The highest BCUT2D eigenvalue weighted by atomic mass is 16.6. The Morgan fingerprint density at radius 1 is 1.09 bits per heavy atom. The zero-order chi connectivity index (χ0) is 24.6. The number of rotatable bonds is 9. The van der Waals surface area contributed by atoms with E-state index in [-0.39, 0.29) is 11.5 Å². The van der Waals surface area contributed by atoms with E-state index in [2.05, 4.69) is 36.1 Å². The Labute approximate surface area is 202 Å². The minimum atomic E-state index is -0.0308. The van der Waals surface area contributed by atoms with Crippen molar-refractivity contribution in [3.8, 4) is 11.1 Å². The molecule has 5 N–H and O–H groups in total. The minimum absolute atomic E-state index is 0.0202. The summed E-state index contributed by atoms with van der Waals surface area (Å²) >= 11 is 0. The van der Waals surface area contributed by atoms with Gasteiger partial charge in [-0.1, -0.05) is 26.8 Å². The van der Waals surface area contributed by atoms with Crippen LogP contribution < -0.4 is 16.9 Å². The van der Waals surface area contributed by atoms with Crippen LogP contribution in [0.2, 0.25) is 0 Å². The van der Waals surface area contributed by atoms with Crippen LogP contribution in [0.25, 0.3) is 16.7 Å². The van der Waals surface area contributed by atoms with Gasteiger partial charge in [0.2, 0.25) is 0 Å². The van der Waals surface area contributed by atoms with Crippen LogP contribution in [0, 0.1) is 12.3 Å². The number of allylic oxidation sites excluding steroid dienone is 1. The van der Waals surface area contributed by atoms with Crippen molar-refractivity contribution in [3.63, 3.8) is 0 Å². The molecule has 0 amide bonds. The maximum Gasteiger partial charge on any atom is 0.0852 e. The summed E-state index contributed by atoms with van der Waals surface area (Å²) in [6.07, 6.45) is 11.2. The molecule has 0 aliphatic rings. The minimum Gasteiger partial charge on any atom is -0.404 e. The molecule has 3 rings (SSSR count). The molecule has 1 unspecified atom stereocenters. The maximum absolute atomic E-state index is 5.94. The lowest BCUT2D eigenvalue weighted by Gasteiger charge is -2.28. The van der Waals surface area contributed by atoms with Gasteiger partial charge in [-0.15, -0.1) is 0 Å². The fourth-order valence-corrected chi connectivity index (χ4v) is 3.56. The molecule has 2 aromatic heterocycles. The molecular formula is C27H34N6O. The third kappa shape index (κ3) is 6.73. The third-order valence-corrected chi connectivity index (χ3v) is 5.68. The lowest BCUT2D eigenvalue weighted by Crippen LogP contribution is -2.33. The first-order chi connectivity index (χ1) is 16.3.